The molecule has 0 atom stereocenters. The average Bonchev–Trinajstić information content (AvgIpc) is 3.37. The number of hydrogen-bond acceptors (Lipinski definition) is 5. The van der Waals surface area contributed by atoms with Crippen molar-refractivity contribution in [3.63, 3.8) is 0 Å². The van der Waals surface area contributed by atoms with E-state index >= 15 is 0 Å². The van der Waals surface area contributed by atoms with Crippen LogP contribution >= 0.6 is 11.3 Å². The van der Waals surface area contributed by atoms with E-state index in [2.05, 4.69) is 15.4 Å². The third kappa shape index (κ3) is 4.44. The van der Waals surface area contributed by atoms with Crippen LogP contribution in [0.25, 0.3) is 16.4 Å². The van der Waals surface area contributed by atoms with Crippen LogP contribution in [-0.4, -0.2) is 27.3 Å². The summed E-state index contributed by atoms with van der Waals surface area (Å²) >= 11 is 1.37. The quantitative estimate of drug-likeness (QED) is 0.457. The number of rotatable bonds is 7. The lowest BCUT2D eigenvalue weighted by molar-refractivity contribution is -0.115. The van der Waals surface area contributed by atoms with Gasteiger partial charge in [-0.15, -0.1) is 11.3 Å². The minimum atomic E-state index is -0.289. The van der Waals surface area contributed by atoms with Gasteiger partial charge in [0.25, 0.3) is 5.56 Å². The van der Waals surface area contributed by atoms with Crippen LogP contribution in [0.2, 0.25) is 0 Å². The number of thiazole rings is 1. The number of amides is 1. The van der Waals surface area contributed by atoms with E-state index in [1.165, 1.54) is 16.0 Å². The van der Waals surface area contributed by atoms with Crippen LogP contribution in [-0.2, 0) is 11.2 Å². The molecule has 0 aliphatic rings. The van der Waals surface area contributed by atoms with Crippen molar-refractivity contribution in [2.75, 3.05) is 11.9 Å². The minimum absolute atomic E-state index is 0.0501. The highest BCUT2D eigenvalue weighted by molar-refractivity contribution is 7.12. The maximum atomic E-state index is 13.0. The highest BCUT2D eigenvalue weighted by Gasteiger charge is 2.18. The number of para-hydroxylation sites is 2. The van der Waals surface area contributed by atoms with Crippen LogP contribution < -0.4 is 15.6 Å². The molecule has 0 saturated heterocycles. The van der Waals surface area contributed by atoms with Crippen molar-refractivity contribution < 1.29 is 9.53 Å². The standard InChI is InChI=1S/C23H22N4O3S/c1-3-30-20-12-8-7-11-18(20)24-21(28)13-17-15(2)26-27(22(17)29)23-25-19(14-31-23)16-9-5-4-6-10-16/h4-12,14,26H,3,13H2,1-2H3,(H,24,28). The van der Waals surface area contributed by atoms with Gasteiger partial charge in [-0.1, -0.05) is 42.5 Å². The number of nitrogens with one attached hydrogen (secondary N) is 2. The number of hydrogen-bond donors (Lipinski definition) is 2. The second kappa shape index (κ2) is 9.01. The Balaban J connectivity index is 1.55. The maximum Gasteiger partial charge on any atom is 0.277 e. The second-order valence-electron chi connectivity index (χ2n) is 6.89. The molecule has 0 saturated carbocycles. The fourth-order valence-corrected chi connectivity index (χ4v) is 4.03. The monoisotopic (exact) mass is 434 g/mol. The molecule has 0 spiro atoms. The van der Waals surface area contributed by atoms with Crippen molar-refractivity contribution in [3.05, 3.63) is 81.6 Å². The molecule has 158 valence electrons. The third-order valence-corrected chi connectivity index (χ3v) is 5.57. The maximum absolute atomic E-state index is 13.0. The van der Waals surface area contributed by atoms with Gasteiger partial charge >= 0.3 is 0 Å². The molecule has 2 N–H and O–H groups in total. The van der Waals surface area contributed by atoms with E-state index in [-0.39, 0.29) is 17.9 Å². The van der Waals surface area contributed by atoms with Crippen molar-refractivity contribution in [1.82, 2.24) is 14.8 Å². The Morgan fingerprint density at radius 2 is 1.90 bits per heavy atom. The number of nitrogens with zero attached hydrogens (tertiary/aromatic N) is 2. The zero-order chi connectivity index (χ0) is 21.8. The van der Waals surface area contributed by atoms with E-state index in [9.17, 15) is 9.59 Å². The third-order valence-electron chi connectivity index (χ3n) is 4.74. The summed E-state index contributed by atoms with van der Waals surface area (Å²) in [7, 11) is 0. The number of aryl methyl sites for hydroxylation is 1. The van der Waals surface area contributed by atoms with Crippen molar-refractivity contribution in [1.29, 1.82) is 0 Å². The lowest BCUT2D eigenvalue weighted by Gasteiger charge is -2.10. The fourth-order valence-electron chi connectivity index (χ4n) is 3.24. The van der Waals surface area contributed by atoms with Gasteiger partial charge in [0.2, 0.25) is 11.0 Å². The highest BCUT2D eigenvalue weighted by Crippen LogP contribution is 2.25. The molecule has 1 amide bonds. The highest BCUT2D eigenvalue weighted by atomic mass is 32.1. The van der Waals surface area contributed by atoms with Gasteiger partial charge in [0.15, 0.2) is 0 Å². The Labute approximate surface area is 183 Å². The molecule has 4 aromatic rings. The molecular weight excluding hydrogens is 412 g/mol. The zero-order valence-electron chi connectivity index (χ0n) is 17.2. The molecule has 0 aliphatic heterocycles. The summed E-state index contributed by atoms with van der Waals surface area (Å²) in [6, 6.07) is 17.0. The predicted octanol–water partition coefficient (Wildman–Crippen LogP) is 4.18. The fraction of sp³-hybridized carbons (Fsp3) is 0.174. The van der Waals surface area contributed by atoms with Crippen LogP contribution in [0, 0.1) is 6.92 Å². The van der Waals surface area contributed by atoms with E-state index in [1.807, 2.05) is 54.8 Å². The molecule has 2 aromatic heterocycles. The summed E-state index contributed by atoms with van der Waals surface area (Å²) in [4.78, 5) is 30.2. The molecule has 0 aliphatic carbocycles. The van der Waals surface area contributed by atoms with Crippen LogP contribution in [0.4, 0.5) is 5.69 Å². The predicted molar refractivity (Wildman–Crippen MR) is 122 cm³/mol. The van der Waals surface area contributed by atoms with E-state index in [0.29, 0.717) is 34.4 Å². The number of carbonyl (C=O) groups is 1. The SMILES string of the molecule is CCOc1ccccc1NC(=O)Cc1c(C)[nH]n(-c2nc(-c3ccccc3)cs2)c1=O. The average molecular weight is 435 g/mol. The zero-order valence-corrected chi connectivity index (χ0v) is 18.0. The first-order valence-electron chi connectivity index (χ1n) is 9.90. The molecule has 7 nitrogen and oxygen atoms in total. The number of carbonyl (C=O) groups excluding carboxylic acids is 1. The summed E-state index contributed by atoms with van der Waals surface area (Å²) < 4.78 is 6.93. The Hall–Kier alpha value is -3.65. The minimum Gasteiger partial charge on any atom is -0.492 e. The van der Waals surface area contributed by atoms with Gasteiger partial charge < -0.3 is 10.1 Å². The van der Waals surface area contributed by atoms with Crippen LogP contribution in [0.5, 0.6) is 5.75 Å². The number of aromatic nitrogens is 3. The van der Waals surface area contributed by atoms with Crippen LogP contribution in [0.3, 0.4) is 0 Å². The lowest BCUT2D eigenvalue weighted by Crippen LogP contribution is -2.22. The number of aromatic amines is 1. The lowest BCUT2D eigenvalue weighted by atomic mass is 10.2. The Morgan fingerprint density at radius 1 is 1.16 bits per heavy atom. The van der Waals surface area contributed by atoms with Gasteiger partial charge in [-0.05, 0) is 26.0 Å². The summed E-state index contributed by atoms with van der Waals surface area (Å²) in [5, 5.41) is 8.31. The normalized spacial score (nSPS) is 10.8. The first-order chi connectivity index (χ1) is 15.1. The van der Waals surface area contributed by atoms with Gasteiger partial charge in [0.05, 0.1) is 24.4 Å². The van der Waals surface area contributed by atoms with Gasteiger partial charge in [-0.2, -0.15) is 4.68 Å². The molecule has 31 heavy (non-hydrogen) atoms. The molecule has 4 rings (SSSR count). The summed E-state index contributed by atoms with van der Waals surface area (Å²) in [6.45, 7) is 4.15. The molecular formula is C23H22N4O3S. The van der Waals surface area contributed by atoms with Gasteiger partial charge in [0, 0.05) is 22.2 Å². The molecule has 0 fully saturated rings. The first-order valence-corrected chi connectivity index (χ1v) is 10.8. The molecule has 2 aromatic carbocycles. The van der Waals surface area contributed by atoms with Crippen molar-refractivity contribution in [2.45, 2.75) is 20.3 Å². The van der Waals surface area contributed by atoms with E-state index in [4.69, 9.17) is 4.74 Å². The largest absolute Gasteiger partial charge is 0.492 e. The number of H-pyrrole nitrogens is 1. The summed E-state index contributed by atoms with van der Waals surface area (Å²) in [5.74, 6) is 0.306. The molecule has 0 bridgehead atoms. The number of ether oxygens (including phenoxy) is 1. The Morgan fingerprint density at radius 3 is 2.68 bits per heavy atom. The topological polar surface area (TPSA) is 89.0 Å². The molecule has 2 heterocycles. The molecule has 0 radical (unpaired) electrons. The number of anilines is 1. The van der Waals surface area contributed by atoms with E-state index in [1.54, 1.807) is 19.1 Å². The molecule has 0 unspecified atom stereocenters. The van der Waals surface area contributed by atoms with Gasteiger partial charge in [0.1, 0.15) is 5.75 Å². The Bertz CT molecular complexity index is 1260. The first kappa shape index (κ1) is 20.6. The number of benzene rings is 2. The van der Waals surface area contributed by atoms with Crippen molar-refractivity contribution in [2.24, 2.45) is 0 Å². The van der Waals surface area contributed by atoms with Crippen LogP contribution in [0.1, 0.15) is 18.2 Å². The second-order valence-corrected chi connectivity index (χ2v) is 7.73. The smallest absolute Gasteiger partial charge is 0.277 e. The Kier molecular flexibility index (Phi) is 5.99. The van der Waals surface area contributed by atoms with Gasteiger partial charge in [-0.25, -0.2) is 4.98 Å². The summed E-state index contributed by atoms with van der Waals surface area (Å²) in [5.41, 5.74) is 3.12. The molecule has 8 heteroatoms. The van der Waals surface area contributed by atoms with Crippen molar-refractivity contribution >= 4 is 22.9 Å². The van der Waals surface area contributed by atoms with E-state index < -0.39 is 0 Å². The van der Waals surface area contributed by atoms with Gasteiger partial charge in [-0.3, -0.25) is 14.7 Å². The van der Waals surface area contributed by atoms with E-state index in [0.717, 1.165) is 11.3 Å². The summed E-state index contributed by atoms with van der Waals surface area (Å²) in [6.07, 6.45) is -0.0501. The van der Waals surface area contributed by atoms with Crippen molar-refractivity contribution in [3.8, 4) is 22.1 Å². The van der Waals surface area contributed by atoms with Crippen LogP contribution in [0.15, 0.2) is 64.8 Å².